The fourth-order valence-electron chi connectivity index (χ4n) is 2.90. The molecule has 3 aromatic rings. The Bertz CT molecular complexity index is 810. The van der Waals surface area contributed by atoms with Crippen molar-refractivity contribution in [2.45, 2.75) is 5.92 Å². The highest BCUT2D eigenvalue weighted by molar-refractivity contribution is 9.10. The number of hydrogen-bond donors (Lipinski definition) is 1. The summed E-state index contributed by atoms with van der Waals surface area (Å²) in [4.78, 5) is 2.08. The lowest BCUT2D eigenvalue weighted by atomic mass is 9.84. The summed E-state index contributed by atoms with van der Waals surface area (Å²) in [6.07, 6.45) is 0. The molecule has 0 aliphatic carbocycles. The number of halogens is 1. The molecule has 3 aromatic carbocycles. The van der Waals surface area contributed by atoms with Crippen LogP contribution in [0.5, 0.6) is 5.75 Å². The van der Waals surface area contributed by atoms with Crippen LogP contribution in [0.25, 0.3) is 0 Å². The molecule has 3 heteroatoms. The number of hydrogen-bond acceptors (Lipinski definition) is 2. The monoisotopic (exact) mass is 381 g/mol. The zero-order valence-corrected chi connectivity index (χ0v) is 15.4. The summed E-state index contributed by atoms with van der Waals surface area (Å²) >= 11 is 3.49. The SMILES string of the molecule is CN(C)c1ccc(C(c2ccc(Br)cc2)c2ccccc2O)cc1. The molecule has 0 heterocycles. The van der Waals surface area contributed by atoms with Gasteiger partial charge >= 0.3 is 0 Å². The predicted molar refractivity (Wildman–Crippen MR) is 104 cm³/mol. The Morgan fingerprint density at radius 3 is 1.88 bits per heavy atom. The van der Waals surface area contributed by atoms with Gasteiger partial charge in [0.2, 0.25) is 0 Å². The number of aromatic hydroxyl groups is 1. The first kappa shape index (κ1) is 16.6. The summed E-state index contributed by atoms with van der Waals surface area (Å²) in [6, 6.07) is 24.3. The van der Waals surface area contributed by atoms with E-state index in [1.807, 2.05) is 44.4 Å². The molecule has 3 rings (SSSR count). The average molecular weight is 382 g/mol. The van der Waals surface area contributed by atoms with E-state index in [1.165, 1.54) is 0 Å². The van der Waals surface area contributed by atoms with Crippen molar-refractivity contribution in [2.75, 3.05) is 19.0 Å². The Morgan fingerprint density at radius 2 is 1.33 bits per heavy atom. The topological polar surface area (TPSA) is 23.5 Å². The average Bonchev–Trinajstić information content (AvgIpc) is 2.59. The highest BCUT2D eigenvalue weighted by Gasteiger charge is 2.19. The third-order valence-corrected chi connectivity index (χ3v) is 4.72. The van der Waals surface area contributed by atoms with Crippen molar-refractivity contribution in [1.82, 2.24) is 0 Å². The first-order valence-corrected chi connectivity index (χ1v) is 8.66. The van der Waals surface area contributed by atoms with Gasteiger partial charge in [0.25, 0.3) is 0 Å². The smallest absolute Gasteiger partial charge is 0.119 e. The largest absolute Gasteiger partial charge is 0.508 e. The summed E-state index contributed by atoms with van der Waals surface area (Å²) in [5.74, 6) is 0.317. The van der Waals surface area contributed by atoms with E-state index < -0.39 is 0 Å². The lowest BCUT2D eigenvalue weighted by Gasteiger charge is -2.21. The standard InChI is InChI=1S/C21H20BrNO/c1-23(2)18-13-9-16(10-14-18)21(15-7-11-17(22)12-8-15)19-5-3-4-6-20(19)24/h3-14,21,24H,1-2H3. The zero-order valence-electron chi connectivity index (χ0n) is 13.8. The van der Waals surface area contributed by atoms with Gasteiger partial charge in [-0.1, -0.05) is 58.4 Å². The molecule has 0 radical (unpaired) electrons. The number of rotatable bonds is 4. The maximum absolute atomic E-state index is 10.4. The van der Waals surface area contributed by atoms with Crippen LogP contribution in [0, 0.1) is 0 Å². The fourth-order valence-corrected chi connectivity index (χ4v) is 3.17. The molecule has 1 unspecified atom stereocenters. The van der Waals surface area contributed by atoms with Gasteiger partial charge in [-0.25, -0.2) is 0 Å². The number of nitrogens with zero attached hydrogens (tertiary/aromatic N) is 1. The quantitative estimate of drug-likeness (QED) is 0.611. The minimum atomic E-state index is -0.00416. The van der Waals surface area contributed by atoms with E-state index >= 15 is 0 Å². The van der Waals surface area contributed by atoms with Crippen molar-refractivity contribution in [2.24, 2.45) is 0 Å². The van der Waals surface area contributed by atoms with Crippen molar-refractivity contribution in [3.8, 4) is 5.75 Å². The summed E-state index contributed by atoms with van der Waals surface area (Å²) in [7, 11) is 4.06. The number of para-hydroxylation sites is 1. The van der Waals surface area contributed by atoms with Crippen LogP contribution in [0.15, 0.2) is 77.3 Å². The van der Waals surface area contributed by atoms with Gasteiger partial charge in [0.05, 0.1) is 0 Å². The molecule has 0 aliphatic heterocycles. The van der Waals surface area contributed by atoms with Crippen molar-refractivity contribution < 1.29 is 5.11 Å². The summed E-state index contributed by atoms with van der Waals surface area (Å²) in [5, 5.41) is 10.4. The van der Waals surface area contributed by atoms with Gasteiger partial charge in [0.1, 0.15) is 5.75 Å². The van der Waals surface area contributed by atoms with Crippen LogP contribution < -0.4 is 4.90 Å². The third-order valence-electron chi connectivity index (χ3n) is 4.19. The van der Waals surface area contributed by atoms with E-state index in [0.717, 1.165) is 26.9 Å². The first-order chi connectivity index (χ1) is 11.6. The van der Waals surface area contributed by atoms with E-state index in [0.29, 0.717) is 5.75 Å². The number of benzene rings is 3. The first-order valence-electron chi connectivity index (χ1n) is 7.87. The molecular weight excluding hydrogens is 362 g/mol. The lowest BCUT2D eigenvalue weighted by Crippen LogP contribution is -2.09. The molecule has 2 nitrogen and oxygen atoms in total. The van der Waals surface area contributed by atoms with Gasteiger partial charge in [-0.05, 0) is 41.5 Å². The molecule has 122 valence electrons. The van der Waals surface area contributed by atoms with Crippen LogP contribution in [0.3, 0.4) is 0 Å². The highest BCUT2D eigenvalue weighted by Crippen LogP contribution is 2.37. The number of phenols is 1. The predicted octanol–water partition coefficient (Wildman–Crippen LogP) is 5.40. The Balaban J connectivity index is 2.11. The molecule has 0 fully saturated rings. The van der Waals surface area contributed by atoms with E-state index in [1.54, 1.807) is 6.07 Å². The van der Waals surface area contributed by atoms with E-state index in [9.17, 15) is 5.11 Å². The van der Waals surface area contributed by atoms with Crippen molar-refractivity contribution in [3.63, 3.8) is 0 Å². The molecule has 1 atom stereocenters. The van der Waals surface area contributed by atoms with E-state index in [2.05, 4.69) is 57.2 Å². The molecular formula is C21H20BrNO. The van der Waals surface area contributed by atoms with Gasteiger partial charge < -0.3 is 10.0 Å². The van der Waals surface area contributed by atoms with Crippen LogP contribution in [-0.2, 0) is 0 Å². The summed E-state index contributed by atoms with van der Waals surface area (Å²) < 4.78 is 1.05. The summed E-state index contributed by atoms with van der Waals surface area (Å²) in [5.41, 5.74) is 4.38. The van der Waals surface area contributed by atoms with Crippen LogP contribution in [0.2, 0.25) is 0 Å². The second-order valence-corrected chi connectivity index (χ2v) is 6.95. The maximum Gasteiger partial charge on any atom is 0.119 e. The molecule has 24 heavy (non-hydrogen) atoms. The molecule has 0 saturated heterocycles. The van der Waals surface area contributed by atoms with Gasteiger partial charge in [-0.3, -0.25) is 0 Å². The molecule has 0 aromatic heterocycles. The second-order valence-electron chi connectivity index (χ2n) is 6.03. The second kappa shape index (κ2) is 7.10. The van der Waals surface area contributed by atoms with E-state index in [-0.39, 0.29) is 5.92 Å². The normalized spacial score (nSPS) is 12.0. The Hall–Kier alpha value is -2.26. The lowest BCUT2D eigenvalue weighted by molar-refractivity contribution is 0.467. The van der Waals surface area contributed by atoms with Crippen molar-refractivity contribution in [3.05, 3.63) is 94.0 Å². The van der Waals surface area contributed by atoms with Gasteiger partial charge in [-0.15, -0.1) is 0 Å². The number of anilines is 1. The minimum absolute atomic E-state index is 0.00416. The molecule has 1 N–H and O–H groups in total. The highest BCUT2D eigenvalue weighted by atomic mass is 79.9. The van der Waals surface area contributed by atoms with E-state index in [4.69, 9.17) is 0 Å². The summed E-state index contributed by atoms with van der Waals surface area (Å²) in [6.45, 7) is 0. The zero-order chi connectivity index (χ0) is 17.1. The Morgan fingerprint density at radius 1 is 0.792 bits per heavy atom. The van der Waals surface area contributed by atoms with Crippen LogP contribution in [-0.4, -0.2) is 19.2 Å². The van der Waals surface area contributed by atoms with Crippen LogP contribution in [0.4, 0.5) is 5.69 Å². The molecule has 0 spiro atoms. The van der Waals surface area contributed by atoms with Crippen molar-refractivity contribution in [1.29, 1.82) is 0 Å². The Labute approximate surface area is 151 Å². The third kappa shape index (κ3) is 3.46. The number of phenolic OH excluding ortho intramolecular Hbond substituents is 1. The van der Waals surface area contributed by atoms with Gasteiger partial charge in [0, 0.05) is 35.7 Å². The maximum atomic E-state index is 10.4. The Kier molecular flexibility index (Phi) is 4.91. The molecule has 0 saturated carbocycles. The van der Waals surface area contributed by atoms with Crippen LogP contribution >= 0.6 is 15.9 Å². The van der Waals surface area contributed by atoms with Crippen LogP contribution in [0.1, 0.15) is 22.6 Å². The minimum Gasteiger partial charge on any atom is -0.508 e. The van der Waals surface area contributed by atoms with Gasteiger partial charge in [0.15, 0.2) is 0 Å². The fraction of sp³-hybridized carbons (Fsp3) is 0.143. The molecule has 0 aliphatic rings. The molecule has 0 bridgehead atoms. The van der Waals surface area contributed by atoms with Crippen molar-refractivity contribution >= 4 is 21.6 Å². The van der Waals surface area contributed by atoms with Gasteiger partial charge in [-0.2, -0.15) is 0 Å². The molecule has 0 amide bonds.